The maximum absolute atomic E-state index is 12.0. The van der Waals surface area contributed by atoms with Crippen LogP contribution in [0.3, 0.4) is 0 Å². The van der Waals surface area contributed by atoms with Crippen LogP contribution >= 0.6 is 0 Å². The Labute approximate surface area is 126 Å². The summed E-state index contributed by atoms with van der Waals surface area (Å²) >= 11 is 0. The van der Waals surface area contributed by atoms with Crippen LogP contribution in [0.5, 0.6) is 0 Å². The molecule has 1 aromatic rings. The van der Waals surface area contributed by atoms with Gasteiger partial charge in [0.1, 0.15) is 0 Å². The fraction of sp³-hybridized carbons (Fsp3) is 0.500. The van der Waals surface area contributed by atoms with Crippen molar-refractivity contribution < 1.29 is 13.5 Å². The Bertz CT molecular complexity index is 601. The summed E-state index contributed by atoms with van der Waals surface area (Å²) in [4.78, 5) is 1.79. The highest BCUT2D eigenvalue weighted by atomic mass is 32.2. The lowest BCUT2D eigenvalue weighted by Gasteiger charge is -2.27. The number of nitrogens with one attached hydrogen (secondary N) is 1. The van der Waals surface area contributed by atoms with Crippen LogP contribution in [-0.2, 0) is 15.8 Å². The molecule has 0 aromatic heterocycles. The number of aliphatic hydroxyl groups is 1. The lowest BCUT2D eigenvalue weighted by Crippen LogP contribution is -2.47. The molecule has 0 aliphatic rings. The first-order chi connectivity index (χ1) is 9.63. The zero-order valence-corrected chi connectivity index (χ0v) is 13.3. The molecule has 1 atom stereocenters. The molecule has 21 heavy (non-hydrogen) atoms. The van der Waals surface area contributed by atoms with Crippen molar-refractivity contribution in [1.29, 1.82) is 5.26 Å². The molecular formula is C14H21N3O3S. The number of benzene rings is 1. The third-order valence-corrected chi connectivity index (χ3v) is 4.07. The highest BCUT2D eigenvalue weighted by Gasteiger charge is 2.24. The van der Waals surface area contributed by atoms with Crippen molar-refractivity contribution >= 4 is 10.0 Å². The fourth-order valence-electron chi connectivity index (χ4n) is 1.95. The molecule has 0 bridgehead atoms. The second-order valence-electron chi connectivity index (χ2n) is 5.62. The molecule has 0 spiro atoms. The maximum atomic E-state index is 12.0. The van der Waals surface area contributed by atoms with Gasteiger partial charge in [-0.15, -0.1) is 0 Å². The second-order valence-corrected chi connectivity index (χ2v) is 7.43. The normalized spacial score (nSPS) is 14.7. The number of nitrogens with zero attached hydrogens (tertiary/aromatic N) is 2. The average Bonchev–Trinajstić information content (AvgIpc) is 2.36. The quantitative estimate of drug-likeness (QED) is 0.755. The molecule has 0 saturated carbocycles. The van der Waals surface area contributed by atoms with Crippen molar-refractivity contribution in [3.8, 4) is 6.07 Å². The van der Waals surface area contributed by atoms with Gasteiger partial charge in [-0.2, -0.15) is 5.26 Å². The van der Waals surface area contributed by atoms with E-state index in [2.05, 4.69) is 4.72 Å². The zero-order chi connectivity index (χ0) is 16.1. The van der Waals surface area contributed by atoms with E-state index in [4.69, 9.17) is 5.26 Å². The van der Waals surface area contributed by atoms with E-state index >= 15 is 0 Å². The summed E-state index contributed by atoms with van der Waals surface area (Å²) in [5.41, 5.74) is -0.0619. The number of rotatable bonds is 7. The summed E-state index contributed by atoms with van der Waals surface area (Å²) in [6.07, 6.45) is 0. The van der Waals surface area contributed by atoms with E-state index in [0.717, 1.165) is 0 Å². The second kappa shape index (κ2) is 7.00. The van der Waals surface area contributed by atoms with E-state index in [9.17, 15) is 13.5 Å². The Kier molecular flexibility index (Phi) is 5.87. The first-order valence-corrected chi connectivity index (χ1v) is 8.12. The fourth-order valence-corrected chi connectivity index (χ4v) is 3.21. The van der Waals surface area contributed by atoms with Crippen LogP contribution in [0, 0.1) is 11.3 Å². The van der Waals surface area contributed by atoms with E-state index in [1.54, 1.807) is 50.2 Å². The van der Waals surface area contributed by atoms with Gasteiger partial charge in [0.2, 0.25) is 10.0 Å². The van der Waals surface area contributed by atoms with Gasteiger partial charge in [0.15, 0.2) is 0 Å². The molecular weight excluding hydrogens is 290 g/mol. The molecule has 2 N–H and O–H groups in total. The standard InChI is InChI=1S/C14H21N3O3S/c1-14(18,11-17(2)3)10-16-21(19,20)9-13-6-4-12(8-15)5-7-13/h4-7,16,18H,9-11H2,1-3H3. The van der Waals surface area contributed by atoms with Crippen LogP contribution in [0.4, 0.5) is 0 Å². The first-order valence-electron chi connectivity index (χ1n) is 6.47. The predicted molar refractivity (Wildman–Crippen MR) is 81.0 cm³/mol. The molecule has 1 rings (SSSR count). The Morgan fingerprint density at radius 3 is 2.38 bits per heavy atom. The minimum absolute atomic E-state index is 0.0518. The van der Waals surface area contributed by atoms with Crippen LogP contribution in [0.1, 0.15) is 18.1 Å². The molecule has 0 heterocycles. The Morgan fingerprint density at radius 2 is 1.90 bits per heavy atom. The van der Waals surface area contributed by atoms with Crippen LogP contribution in [0.25, 0.3) is 0 Å². The van der Waals surface area contributed by atoms with Crippen molar-refractivity contribution in [3.05, 3.63) is 35.4 Å². The third kappa shape index (κ3) is 6.69. The smallest absolute Gasteiger partial charge is 0.215 e. The average molecular weight is 311 g/mol. The van der Waals surface area contributed by atoms with Crippen molar-refractivity contribution in [2.24, 2.45) is 0 Å². The molecule has 1 aromatic carbocycles. The number of hydrogen-bond acceptors (Lipinski definition) is 5. The summed E-state index contributed by atoms with van der Waals surface area (Å²) < 4.78 is 26.4. The highest BCUT2D eigenvalue weighted by Crippen LogP contribution is 2.09. The summed E-state index contributed by atoms with van der Waals surface area (Å²) in [6.45, 7) is 1.88. The SMILES string of the molecule is CN(C)CC(C)(O)CNS(=O)(=O)Cc1ccc(C#N)cc1. The molecule has 116 valence electrons. The van der Waals surface area contributed by atoms with E-state index in [0.29, 0.717) is 17.7 Å². The molecule has 1 unspecified atom stereocenters. The molecule has 0 aliphatic heterocycles. The predicted octanol–water partition coefficient (Wildman–Crippen LogP) is 0.290. The Balaban J connectivity index is 2.63. The minimum Gasteiger partial charge on any atom is -0.387 e. The summed E-state index contributed by atoms with van der Waals surface area (Å²) in [7, 11) is 0.0759. The first kappa shape index (κ1) is 17.6. The zero-order valence-electron chi connectivity index (χ0n) is 12.5. The number of hydrogen-bond donors (Lipinski definition) is 2. The van der Waals surface area contributed by atoms with Crippen molar-refractivity contribution in [1.82, 2.24) is 9.62 Å². The Hall–Kier alpha value is -1.46. The van der Waals surface area contributed by atoms with Gasteiger partial charge >= 0.3 is 0 Å². The Morgan fingerprint density at radius 1 is 1.33 bits per heavy atom. The largest absolute Gasteiger partial charge is 0.387 e. The molecule has 0 saturated heterocycles. The van der Waals surface area contributed by atoms with Gasteiger partial charge in [0.25, 0.3) is 0 Å². The number of sulfonamides is 1. The van der Waals surface area contributed by atoms with E-state index in [1.807, 2.05) is 6.07 Å². The van der Waals surface area contributed by atoms with E-state index < -0.39 is 15.6 Å². The lowest BCUT2D eigenvalue weighted by molar-refractivity contribution is 0.0386. The van der Waals surface area contributed by atoms with Gasteiger partial charge in [0.05, 0.1) is 23.0 Å². The molecule has 0 aliphatic carbocycles. The van der Waals surface area contributed by atoms with Gasteiger partial charge in [-0.3, -0.25) is 0 Å². The summed E-state index contributed by atoms with van der Waals surface area (Å²) in [5, 5.41) is 18.8. The lowest BCUT2D eigenvalue weighted by atomic mass is 10.1. The van der Waals surface area contributed by atoms with Crippen LogP contribution in [-0.4, -0.2) is 51.2 Å². The highest BCUT2D eigenvalue weighted by molar-refractivity contribution is 7.88. The monoisotopic (exact) mass is 311 g/mol. The topological polar surface area (TPSA) is 93.4 Å². The van der Waals surface area contributed by atoms with Crippen LogP contribution < -0.4 is 4.72 Å². The van der Waals surface area contributed by atoms with Gasteiger partial charge in [-0.1, -0.05) is 12.1 Å². The van der Waals surface area contributed by atoms with E-state index in [-0.39, 0.29) is 12.3 Å². The van der Waals surface area contributed by atoms with Crippen LogP contribution in [0.2, 0.25) is 0 Å². The van der Waals surface area contributed by atoms with Gasteiger partial charge in [-0.05, 0) is 38.7 Å². The molecule has 7 heteroatoms. The summed E-state index contributed by atoms with van der Waals surface area (Å²) in [5.74, 6) is -0.184. The summed E-state index contributed by atoms with van der Waals surface area (Å²) in [6, 6.07) is 8.34. The van der Waals surface area contributed by atoms with Gasteiger partial charge in [-0.25, -0.2) is 13.1 Å². The molecule has 0 fully saturated rings. The van der Waals surface area contributed by atoms with Crippen molar-refractivity contribution in [3.63, 3.8) is 0 Å². The third-order valence-electron chi connectivity index (χ3n) is 2.77. The van der Waals surface area contributed by atoms with Crippen LogP contribution in [0.15, 0.2) is 24.3 Å². The maximum Gasteiger partial charge on any atom is 0.215 e. The molecule has 6 nitrogen and oxygen atoms in total. The number of likely N-dealkylation sites (N-methyl/N-ethyl adjacent to an activating group) is 1. The van der Waals surface area contributed by atoms with Gasteiger partial charge in [0, 0.05) is 13.1 Å². The number of nitriles is 1. The minimum atomic E-state index is -3.53. The van der Waals surface area contributed by atoms with Crippen molar-refractivity contribution in [2.45, 2.75) is 18.3 Å². The molecule has 0 radical (unpaired) electrons. The van der Waals surface area contributed by atoms with Crippen molar-refractivity contribution in [2.75, 3.05) is 27.2 Å². The molecule has 0 amide bonds. The van der Waals surface area contributed by atoms with E-state index in [1.165, 1.54) is 0 Å². The van der Waals surface area contributed by atoms with Gasteiger partial charge < -0.3 is 10.0 Å².